The zero-order valence-electron chi connectivity index (χ0n) is 13.1. The van der Waals surface area contributed by atoms with Gasteiger partial charge in [-0.1, -0.05) is 0 Å². The number of ether oxygens (including phenoxy) is 2. The van der Waals surface area contributed by atoms with Gasteiger partial charge in [0.1, 0.15) is 41.2 Å². The van der Waals surface area contributed by atoms with E-state index in [0.29, 0.717) is 11.5 Å². The molecule has 2 aromatic carbocycles. The van der Waals surface area contributed by atoms with Crippen LogP contribution in [0.15, 0.2) is 53.7 Å². The highest BCUT2D eigenvalue weighted by atomic mass is 19.1. The maximum absolute atomic E-state index is 13.6. The number of allylic oxidation sites excluding steroid dienone is 2. The summed E-state index contributed by atoms with van der Waals surface area (Å²) in [6.45, 7) is 0. The van der Waals surface area contributed by atoms with Gasteiger partial charge in [-0.3, -0.25) is 0 Å². The van der Waals surface area contributed by atoms with E-state index in [9.17, 15) is 4.39 Å². The molecule has 1 N–H and O–H groups in total. The van der Waals surface area contributed by atoms with Gasteiger partial charge >= 0.3 is 0 Å². The molecule has 2 rings (SSSR count). The second kappa shape index (κ2) is 8.01. The highest BCUT2D eigenvalue weighted by molar-refractivity contribution is 5.65. The van der Waals surface area contributed by atoms with Crippen LogP contribution >= 0.6 is 0 Å². The molecule has 0 aliphatic heterocycles. The van der Waals surface area contributed by atoms with Crippen molar-refractivity contribution in [1.29, 1.82) is 15.8 Å². The van der Waals surface area contributed by atoms with Crippen molar-refractivity contribution in [1.82, 2.24) is 0 Å². The molecule has 0 fully saturated rings. The molecule has 0 spiro atoms. The first kappa shape index (κ1) is 17.3. The SMILES string of the molecule is COc1ccc(Oc2ccc(F)cc2NC(C#N)=C(C#N)C#N)cc1. The third-order valence-corrected chi connectivity index (χ3v) is 3.07. The predicted molar refractivity (Wildman–Crippen MR) is 87.0 cm³/mol. The minimum atomic E-state index is -0.572. The Morgan fingerprint density at radius 3 is 2.16 bits per heavy atom. The number of hydrogen-bond donors (Lipinski definition) is 1. The van der Waals surface area contributed by atoms with Crippen molar-refractivity contribution in [2.75, 3.05) is 12.4 Å². The van der Waals surface area contributed by atoms with E-state index in [1.54, 1.807) is 42.5 Å². The molecule has 0 atom stereocenters. The Balaban J connectivity index is 2.37. The van der Waals surface area contributed by atoms with Crippen LogP contribution in [-0.4, -0.2) is 7.11 Å². The summed E-state index contributed by atoms with van der Waals surface area (Å²) in [6, 6.07) is 15.3. The molecule has 0 aromatic heterocycles. The quantitative estimate of drug-likeness (QED) is 0.833. The average molecular weight is 334 g/mol. The van der Waals surface area contributed by atoms with E-state index < -0.39 is 11.4 Å². The van der Waals surface area contributed by atoms with Crippen LogP contribution < -0.4 is 14.8 Å². The smallest absolute Gasteiger partial charge is 0.163 e. The van der Waals surface area contributed by atoms with Crippen LogP contribution in [0, 0.1) is 39.8 Å². The van der Waals surface area contributed by atoms with Gasteiger partial charge < -0.3 is 14.8 Å². The van der Waals surface area contributed by atoms with Gasteiger partial charge in [-0.2, -0.15) is 15.8 Å². The van der Waals surface area contributed by atoms with E-state index in [0.717, 1.165) is 6.07 Å². The molecule has 0 aliphatic carbocycles. The fourth-order valence-electron chi connectivity index (χ4n) is 1.88. The van der Waals surface area contributed by atoms with E-state index in [1.807, 2.05) is 0 Å². The lowest BCUT2D eigenvalue weighted by atomic mass is 10.2. The summed E-state index contributed by atoms with van der Waals surface area (Å²) in [5.74, 6) is 0.748. The minimum Gasteiger partial charge on any atom is -0.497 e. The Labute approximate surface area is 143 Å². The van der Waals surface area contributed by atoms with Crippen molar-refractivity contribution < 1.29 is 13.9 Å². The van der Waals surface area contributed by atoms with Gasteiger partial charge in [0.25, 0.3) is 0 Å². The first-order valence-electron chi connectivity index (χ1n) is 6.94. The number of rotatable bonds is 5. The van der Waals surface area contributed by atoms with E-state index in [2.05, 4.69) is 5.32 Å². The number of benzene rings is 2. The molecule has 0 bridgehead atoms. The molecule has 0 saturated carbocycles. The second-order valence-corrected chi connectivity index (χ2v) is 4.63. The molecule has 6 nitrogen and oxygen atoms in total. The summed E-state index contributed by atoms with van der Waals surface area (Å²) in [5, 5.41) is 29.4. The van der Waals surface area contributed by atoms with Crippen molar-refractivity contribution in [3.63, 3.8) is 0 Å². The summed E-state index contributed by atoms with van der Waals surface area (Å²) in [6.07, 6.45) is 0. The van der Waals surface area contributed by atoms with Crippen LogP contribution in [0.25, 0.3) is 0 Å². The van der Waals surface area contributed by atoms with Crippen LogP contribution in [0.1, 0.15) is 0 Å². The van der Waals surface area contributed by atoms with Gasteiger partial charge in [-0.05, 0) is 36.4 Å². The van der Waals surface area contributed by atoms with E-state index in [1.165, 1.54) is 19.2 Å². The van der Waals surface area contributed by atoms with Crippen molar-refractivity contribution >= 4 is 5.69 Å². The molecular formula is C18H11FN4O2. The van der Waals surface area contributed by atoms with Gasteiger partial charge in [-0.25, -0.2) is 4.39 Å². The average Bonchev–Trinajstić information content (AvgIpc) is 2.64. The first-order valence-corrected chi connectivity index (χ1v) is 6.94. The Kier molecular flexibility index (Phi) is 5.55. The normalized spacial score (nSPS) is 9.08. The van der Waals surface area contributed by atoms with Crippen LogP contribution in [0.3, 0.4) is 0 Å². The van der Waals surface area contributed by atoms with Crippen molar-refractivity contribution in [2.45, 2.75) is 0 Å². The molecule has 25 heavy (non-hydrogen) atoms. The van der Waals surface area contributed by atoms with Crippen LogP contribution in [0.4, 0.5) is 10.1 Å². The third-order valence-electron chi connectivity index (χ3n) is 3.07. The lowest BCUT2D eigenvalue weighted by molar-refractivity contribution is 0.413. The Morgan fingerprint density at radius 1 is 0.960 bits per heavy atom. The monoisotopic (exact) mass is 334 g/mol. The molecule has 0 unspecified atom stereocenters. The zero-order valence-corrected chi connectivity index (χ0v) is 13.1. The number of anilines is 1. The lowest BCUT2D eigenvalue weighted by Gasteiger charge is -2.13. The molecule has 0 amide bonds. The van der Waals surface area contributed by atoms with Gasteiger partial charge in [0, 0.05) is 6.07 Å². The molecule has 0 radical (unpaired) electrons. The van der Waals surface area contributed by atoms with Crippen molar-refractivity contribution in [3.8, 4) is 35.5 Å². The minimum absolute atomic E-state index is 0.107. The second-order valence-electron chi connectivity index (χ2n) is 4.63. The summed E-state index contributed by atoms with van der Waals surface area (Å²) < 4.78 is 24.3. The number of hydrogen-bond acceptors (Lipinski definition) is 6. The molecule has 2 aromatic rings. The lowest BCUT2D eigenvalue weighted by Crippen LogP contribution is -2.03. The zero-order chi connectivity index (χ0) is 18.2. The Bertz CT molecular complexity index is 916. The third kappa shape index (κ3) is 4.25. The first-order chi connectivity index (χ1) is 12.1. The summed E-state index contributed by atoms with van der Waals surface area (Å²) >= 11 is 0. The maximum Gasteiger partial charge on any atom is 0.163 e. The maximum atomic E-state index is 13.6. The van der Waals surface area contributed by atoms with Crippen LogP contribution in [0.5, 0.6) is 17.2 Å². The predicted octanol–water partition coefficient (Wildman–Crippen LogP) is 3.86. The molecule has 122 valence electrons. The van der Waals surface area contributed by atoms with E-state index in [4.69, 9.17) is 25.3 Å². The van der Waals surface area contributed by atoms with Crippen LogP contribution in [-0.2, 0) is 0 Å². The fourth-order valence-corrected chi connectivity index (χ4v) is 1.88. The Morgan fingerprint density at radius 2 is 1.60 bits per heavy atom. The fraction of sp³-hybridized carbons (Fsp3) is 0.0556. The highest BCUT2D eigenvalue weighted by Gasteiger charge is 2.12. The molecule has 0 heterocycles. The largest absolute Gasteiger partial charge is 0.497 e. The summed E-state index contributed by atoms with van der Waals surface area (Å²) in [7, 11) is 1.54. The number of halogens is 1. The van der Waals surface area contributed by atoms with Gasteiger partial charge in [-0.15, -0.1) is 0 Å². The number of methoxy groups -OCH3 is 1. The topological polar surface area (TPSA) is 102 Å². The van der Waals surface area contributed by atoms with Gasteiger partial charge in [0.15, 0.2) is 11.3 Å². The van der Waals surface area contributed by atoms with Gasteiger partial charge in [0.2, 0.25) is 0 Å². The Hall–Kier alpha value is -4.02. The van der Waals surface area contributed by atoms with E-state index >= 15 is 0 Å². The molecule has 7 heteroatoms. The molecule has 0 saturated heterocycles. The molecular weight excluding hydrogens is 323 g/mol. The summed E-state index contributed by atoms with van der Waals surface area (Å²) in [4.78, 5) is 0. The highest BCUT2D eigenvalue weighted by Crippen LogP contribution is 2.32. The van der Waals surface area contributed by atoms with Crippen LogP contribution in [0.2, 0.25) is 0 Å². The van der Waals surface area contributed by atoms with Gasteiger partial charge in [0.05, 0.1) is 12.8 Å². The number of nitrogens with zero attached hydrogens (tertiary/aromatic N) is 3. The number of nitrogens with one attached hydrogen (secondary N) is 1. The van der Waals surface area contributed by atoms with Crippen molar-refractivity contribution in [2.24, 2.45) is 0 Å². The van der Waals surface area contributed by atoms with Crippen molar-refractivity contribution in [3.05, 3.63) is 59.6 Å². The summed E-state index contributed by atoms with van der Waals surface area (Å²) in [5.41, 5.74) is -0.604. The molecule has 0 aliphatic rings. The standard InChI is InChI=1S/C18H11FN4O2/c1-24-14-3-5-15(6-4-14)25-18-7-2-13(19)8-16(18)23-17(11-22)12(9-20)10-21/h2-8,23H,1H3. The number of nitriles is 3. The van der Waals surface area contributed by atoms with E-state index in [-0.39, 0.29) is 17.1 Å².